The number of hydrogen-bond acceptors (Lipinski definition) is 3. The van der Waals surface area contributed by atoms with Crippen LogP contribution in [0.2, 0.25) is 0 Å². The molecule has 23 heavy (non-hydrogen) atoms. The largest absolute Gasteiger partial charge is 0.474 e. The highest BCUT2D eigenvalue weighted by Gasteiger charge is 2.31. The van der Waals surface area contributed by atoms with Crippen LogP contribution in [0.3, 0.4) is 0 Å². The molecule has 1 unspecified atom stereocenters. The van der Waals surface area contributed by atoms with Gasteiger partial charge in [0.05, 0.1) is 5.69 Å². The maximum Gasteiger partial charge on any atom is 0.270 e. The second-order valence-electron chi connectivity index (χ2n) is 5.87. The van der Waals surface area contributed by atoms with Crippen LogP contribution in [0.15, 0.2) is 48.5 Å². The molecule has 0 aromatic heterocycles. The number of fused-ring (bicyclic) bond motifs is 1. The molecular weight excluding hydrogens is 292 g/mol. The van der Waals surface area contributed by atoms with E-state index in [1.165, 1.54) is 0 Å². The van der Waals surface area contributed by atoms with Gasteiger partial charge in [-0.1, -0.05) is 30.3 Å². The van der Waals surface area contributed by atoms with Crippen LogP contribution in [0, 0.1) is 5.92 Å². The minimum atomic E-state index is -0.657. The van der Waals surface area contributed by atoms with E-state index in [1.807, 2.05) is 30.3 Å². The van der Waals surface area contributed by atoms with E-state index in [0.717, 1.165) is 18.4 Å². The summed E-state index contributed by atoms with van der Waals surface area (Å²) in [5, 5.41) is 5.72. The molecule has 2 aliphatic rings. The van der Waals surface area contributed by atoms with Crippen LogP contribution in [-0.2, 0) is 9.59 Å². The summed E-state index contributed by atoms with van der Waals surface area (Å²) in [6, 6.07) is 14.7. The van der Waals surface area contributed by atoms with Crippen molar-refractivity contribution in [2.24, 2.45) is 5.92 Å². The summed E-state index contributed by atoms with van der Waals surface area (Å²) in [6.45, 7) is 0. The molecule has 0 spiro atoms. The average Bonchev–Trinajstić information content (AvgIpc) is 3.40. The molecule has 1 saturated carbocycles. The van der Waals surface area contributed by atoms with Gasteiger partial charge in [0.2, 0.25) is 12.0 Å². The van der Waals surface area contributed by atoms with Crippen LogP contribution in [0.4, 0.5) is 11.4 Å². The van der Waals surface area contributed by atoms with Crippen LogP contribution < -0.4 is 15.4 Å². The molecule has 5 nitrogen and oxygen atoms in total. The van der Waals surface area contributed by atoms with Gasteiger partial charge in [-0.15, -0.1) is 0 Å². The summed E-state index contributed by atoms with van der Waals surface area (Å²) < 4.78 is 5.83. The molecule has 0 saturated heterocycles. The van der Waals surface area contributed by atoms with Gasteiger partial charge in [-0.3, -0.25) is 9.59 Å². The lowest BCUT2D eigenvalue weighted by Gasteiger charge is -2.26. The standard InChI is InChI=1S/C18H16N2O3/c21-17(12-6-7-12)19-13-8-9-15-14(10-13)20-18(22)16(23-15)11-4-2-1-3-5-11/h1-5,8-10,12,16H,6-7H2,(H,19,21)(H,20,22). The molecule has 1 aliphatic carbocycles. The first-order valence-electron chi connectivity index (χ1n) is 7.68. The first-order chi connectivity index (χ1) is 11.2. The minimum absolute atomic E-state index is 0.0372. The Bertz CT molecular complexity index is 769. The van der Waals surface area contributed by atoms with Crippen molar-refractivity contribution in [2.75, 3.05) is 10.6 Å². The lowest BCUT2D eigenvalue weighted by Crippen LogP contribution is -2.30. The number of ether oxygens (including phenoxy) is 1. The predicted octanol–water partition coefficient (Wildman–Crippen LogP) is 3.11. The summed E-state index contributed by atoms with van der Waals surface area (Å²) in [6.07, 6.45) is 1.25. The zero-order valence-electron chi connectivity index (χ0n) is 12.4. The number of amides is 2. The van der Waals surface area contributed by atoms with Crippen LogP contribution in [0.25, 0.3) is 0 Å². The summed E-state index contributed by atoms with van der Waals surface area (Å²) in [5.74, 6) is 0.562. The van der Waals surface area contributed by atoms with Crippen LogP contribution in [0.1, 0.15) is 24.5 Å². The second-order valence-corrected chi connectivity index (χ2v) is 5.87. The van der Waals surface area contributed by atoms with Crippen molar-refractivity contribution in [3.63, 3.8) is 0 Å². The van der Waals surface area contributed by atoms with Crippen molar-refractivity contribution in [3.05, 3.63) is 54.1 Å². The summed E-state index contributed by atoms with van der Waals surface area (Å²) >= 11 is 0. The lowest BCUT2D eigenvalue weighted by atomic mass is 10.1. The predicted molar refractivity (Wildman–Crippen MR) is 86.2 cm³/mol. The fraction of sp³-hybridized carbons (Fsp3) is 0.222. The van der Waals surface area contributed by atoms with E-state index < -0.39 is 6.10 Å². The van der Waals surface area contributed by atoms with E-state index in [4.69, 9.17) is 4.74 Å². The molecule has 2 amide bonds. The van der Waals surface area contributed by atoms with Crippen molar-refractivity contribution in [1.82, 2.24) is 0 Å². The number of benzene rings is 2. The SMILES string of the molecule is O=C(Nc1ccc2c(c1)NC(=O)C(c1ccccc1)O2)C1CC1. The Labute approximate surface area is 133 Å². The maximum absolute atomic E-state index is 12.3. The molecular formula is C18H16N2O3. The number of rotatable bonds is 3. The molecule has 0 radical (unpaired) electrons. The Morgan fingerprint density at radius 3 is 2.65 bits per heavy atom. The summed E-state index contributed by atoms with van der Waals surface area (Å²) in [5.41, 5.74) is 2.06. The van der Waals surface area contributed by atoms with E-state index in [1.54, 1.807) is 18.2 Å². The van der Waals surface area contributed by atoms with Crippen molar-refractivity contribution < 1.29 is 14.3 Å². The van der Waals surface area contributed by atoms with Crippen molar-refractivity contribution >= 4 is 23.2 Å². The summed E-state index contributed by atoms with van der Waals surface area (Å²) in [4.78, 5) is 24.1. The van der Waals surface area contributed by atoms with Crippen LogP contribution in [0.5, 0.6) is 5.75 Å². The average molecular weight is 308 g/mol. The van der Waals surface area contributed by atoms with E-state index in [2.05, 4.69) is 10.6 Å². The molecule has 1 fully saturated rings. The van der Waals surface area contributed by atoms with Crippen molar-refractivity contribution in [3.8, 4) is 5.75 Å². The highest BCUT2D eigenvalue weighted by Crippen LogP contribution is 2.37. The van der Waals surface area contributed by atoms with E-state index in [9.17, 15) is 9.59 Å². The highest BCUT2D eigenvalue weighted by molar-refractivity contribution is 6.00. The number of anilines is 2. The van der Waals surface area contributed by atoms with Crippen molar-refractivity contribution in [2.45, 2.75) is 18.9 Å². The topological polar surface area (TPSA) is 67.4 Å². The molecule has 1 heterocycles. The molecule has 0 bridgehead atoms. The molecule has 4 rings (SSSR count). The first kappa shape index (κ1) is 13.8. The quantitative estimate of drug-likeness (QED) is 0.915. The third-order valence-corrected chi connectivity index (χ3v) is 4.04. The number of carbonyl (C=O) groups is 2. The maximum atomic E-state index is 12.3. The molecule has 2 aromatic carbocycles. The Hall–Kier alpha value is -2.82. The number of hydrogen-bond donors (Lipinski definition) is 2. The third-order valence-electron chi connectivity index (χ3n) is 4.04. The monoisotopic (exact) mass is 308 g/mol. The summed E-state index contributed by atoms with van der Waals surface area (Å²) in [7, 11) is 0. The smallest absolute Gasteiger partial charge is 0.270 e. The van der Waals surface area contributed by atoms with Crippen LogP contribution >= 0.6 is 0 Å². The van der Waals surface area contributed by atoms with Gasteiger partial charge >= 0.3 is 0 Å². The van der Waals surface area contributed by atoms with Gasteiger partial charge < -0.3 is 15.4 Å². The molecule has 116 valence electrons. The normalized spacial score (nSPS) is 19.3. The van der Waals surface area contributed by atoms with Crippen molar-refractivity contribution in [1.29, 1.82) is 0 Å². The number of nitrogens with one attached hydrogen (secondary N) is 2. The minimum Gasteiger partial charge on any atom is -0.474 e. The zero-order chi connectivity index (χ0) is 15.8. The lowest BCUT2D eigenvalue weighted by molar-refractivity contribution is -0.123. The zero-order valence-corrected chi connectivity index (χ0v) is 12.4. The Morgan fingerprint density at radius 1 is 1.13 bits per heavy atom. The molecule has 5 heteroatoms. The van der Waals surface area contributed by atoms with E-state index in [0.29, 0.717) is 17.1 Å². The van der Waals surface area contributed by atoms with Gasteiger partial charge in [0.25, 0.3) is 5.91 Å². The van der Waals surface area contributed by atoms with Gasteiger partial charge in [-0.05, 0) is 31.0 Å². The fourth-order valence-corrected chi connectivity index (χ4v) is 2.62. The van der Waals surface area contributed by atoms with Crippen LogP contribution in [-0.4, -0.2) is 11.8 Å². The highest BCUT2D eigenvalue weighted by atomic mass is 16.5. The van der Waals surface area contributed by atoms with Gasteiger partial charge in [0.1, 0.15) is 5.75 Å². The third kappa shape index (κ3) is 2.77. The first-order valence-corrected chi connectivity index (χ1v) is 7.68. The van der Waals surface area contributed by atoms with Gasteiger partial charge in [0.15, 0.2) is 0 Å². The van der Waals surface area contributed by atoms with E-state index in [-0.39, 0.29) is 17.7 Å². The molecule has 1 aliphatic heterocycles. The van der Waals surface area contributed by atoms with E-state index >= 15 is 0 Å². The van der Waals surface area contributed by atoms with Gasteiger partial charge in [-0.25, -0.2) is 0 Å². The second kappa shape index (κ2) is 5.43. The van der Waals surface area contributed by atoms with Gasteiger partial charge in [-0.2, -0.15) is 0 Å². The Balaban J connectivity index is 1.56. The molecule has 2 N–H and O–H groups in total. The fourth-order valence-electron chi connectivity index (χ4n) is 2.62. The molecule has 2 aromatic rings. The molecule has 1 atom stereocenters. The van der Waals surface area contributed by atoms with Gasteiger partial charge in [0, 0.05) is 17.2 Å². The number of carbonyl (C=O) groups excluding carboxylic acids is 2. The Morgan fingerprint density at radius 2 is 1.91 bits per heavy atom. The Kier molecular flexibility index (Phi) is 3.26.